The second-order valence-corrected chi connectivity index (χ2v) is 7.87. The van der Waals surface area contributed by atoms with Gasteiger partial charge in [0.05, 0.1) is 18.2 Å². The van der Waals surface area contributed by atoms with Crippen LogP contribution in [0.4, 0.5) is 5.69 Å². The number of benzene rings is 2. The lowest BCUT2D eigenvalue weighted by Gasteiger charge is -2.22. The Morgan fingerprint density at radius 1 is 1.13 bits per heavy atom. The lowest BCUT2D eigenvalue weighted by molar-refractivity contribution is -0.116. The fraction of sp³-hybridized carbons (Fsp3) is 0.304. The van der Waals surface area contributed by atoms with Crippen molar-refractivity contribution in [2.75, 3.05) is 17.2 Å². The molecule has 0 bridgehead atoms. The van der Waals surface area contributed by atoms with Gasteiger partial charge in [0.25, 0.3) is 0 Å². The highest BCUT2D eigenvalue weighted by molar-refractivity contribution is 7.99. The highest BCUT2D eigenvalue weighted by Crippen LogP contribution is 2.25. The summed E-state index contributed by atoms with van der Waals surface area (Å²) in [4.78, 5) is 14.7. The van der Waals surface area contributed by atoms with Gasteiger partial charge in [0.2, 0.25) is 5.91 Å². The van der Waals surface area contributed by atoms with E-state index in [0.717, 1.165) is 22.6 Å². The first-order valence-electron chi connectivity index (χ1n) is 9.91. The number of hydrogen-bond donors (Lipinski definition) is 0. The van der Waals surface area contributed by atoms with Gasteiger partial charge in [-0.25, -0.2) is 0 Å². The fourth-order valence-corrected chi connectivity index (χ4v) is 4.02. The maximum absolute atomic E-state index is 13.0. The number of amides is 1. The SMILES string of the molecule is CCn1c(SCC(=O)N(CCC#N)c2ccc(C)c(C)c2)nnc1-c1ccccc1. The molecule has 0 aliphatic rings. The van der Waals surface area contributed by atoms with Crippen LogP contribution in [-0.2, 0) is 11.3 Å². The minimum absolute atomic E-state index is 0.0505. The molecule has 0 aliphatic heterocycles. The Balaban J connectivity index is 1.78. The quantitative estimate of drug-likeness (QED) is 0.498. The predicted molar refractivity (Wildman–Crippen MR) is 120 cm³/mol. The molecule has 1 aromatic heterocycles. The molecule has 3 rings (SSSR count). The Bertz CT molecular complexity index is 1060. The molecular weight excluding hydrogens is 394 g/mol. The summed E-state index contributed by atoms with van der Waals surface area (Å²) in [6.45, 7) is 7.18. The van der Waals surface area contributed by atoms with E-state index in [1.165, 1.54) is 17.3 Å². The zero-order valence-electron chi connectivity index (χ0n) is 17.5. The summed E-state index contributed by atoms with van der Waals surface area (Å²) in [7, 11) is 0. The smallest absolute Gasteiger partial charge is 0.237 e. The van der Waals surface area contributed by atoms with Gasteiger partial charge in [0.1, 0.15) is 0 Å². The second-order valence-electron chi connectivity index (χ2n) is 6.93. The maximum atomic E-state index is 13.0. The lowest BCUT2D eigenvalue weighted by atomic mass is 10.1. The van der Waals surface area contributed by atoms with Crippen LogP contribution in [0.3, 0.4) is 0 Å². The van der Waals surface area contributed by atoms with Gasteiger partial charge in [-0.2, -0.15) is 5.26 Å². The van der Waals surface area contributed by atoms with Gasteiger partial charge in [-0.15, -0.1) is 10.2 Å². The van der Waals surface area contributed by atoms with Crippen molar-refractivity contribution >= 4 is 23.4 Å². The minimum Gasteiger partial charge on any atom is -0.311 e. The molecule has 0 fully saturated rings. The van der Waals surface area contributed by atoms with Crippen molar-refractivity contribution in [1.29, 1.82) is 5.26 Å². The van der Waals surface area contributed by atoms with Gasteiger partial charge in [-0.1, -0.05) is 48.2 Å². The van der Waals surface area contributed by atoms with Crippen LogP contribution in [0.2, 0.25) is 0 Å². The van der Waals surface area contributed by atoms with Crippen molar-refractivity contribution in [3.8, 4) is 17.5 Å². The zero-order chi connectivity index (χ0) is 21.5. The molecule has 30 heavy (non-hydrogen) atoms. The third-order valence-electron chi connectivity index (χ3n) is 4.94. The van der Waals surface area contributed by atoms with E-state index in [4.69, 9.17) is 5.26 Å². The van der Waals surface area contributed by atoms with E-state index in [0.29, 0.717) is 18.2 Å². The lowest BCUT2D eigenvalue weighted by Crippen LogP contribution is -2.33. The molecule has 0 unspecified atom stereocenters. The van der Waals surface area contributed by atoms with Gasteiger partial charge >= 0.3 is 0 Å². The van der Waals surface area contributed by atoms with Gasteiger partial charge in [0, 0.05) is 24.3 Å². The number of rotatable bonds is 8. The first-order valence-corrected chi connectivity index (χ1v) is 10.9. The van der Waals surface area contributed by atoms with Crippen molar-refractivity contribution < 1.29 is 4.79 Å². The number of aromatic nitrogens is 3. The van der Waals surface area contributed by atoms with Crippen molar-refractivity contribution in [3.05, 3.63) is 59.7 Å². The summed E-state index contributed by atoms with van der Waals surface area (Å²) in [5, 5.41) is 18.4. The molecule has 154 valence electrons. The van der Waals surface area contributed by atoms with Gasteiger partial charge < -0.3 is 9.47 Å². The number of anilines is 1. The summed E-state index contributed by atoms with van der Waals surface area (Å²) in [5.74, 6) is 0.972. The van der Waals surface area contributed by atoms with E-state index in [2.05, 4.69) is 16.3 Å². The summed E-state index contributed by atoms with van der Waals surface area (Å²) in [6.07, 6.45) is 0.284. The number of thioether (sulfide) groups is 1. The van der Waals surface area contributed by atoms with E-state index in [1.54, 1.807) is 4.90 Å². The van der Waals surface area contributed by atoms with Crippen molar-refractivity contribution in [3.63, 3.8) is 0 Å². The molecular formula is C23H25N5OS. The van der Waals surface area contributed by atoms with Crippen LogP contribution in [0.25, 0.3) is 11.4 Å². The Labute approximate surface area is 181 Å². The first kappa shape index (κ1) is 21.6. The van der Waals surface area contributed by atoms with Crippen LogP contribution >= 0.6 is 11.8 Å². The zero-order valence-corrected chi connectivity index (χ0v) is 18.3. The normalized spacial score (nSPS) is 10.6. The molecule has 1 heterocycles. The Kier molecular flexibility index (Phi) is 7.26. The largest absolute Gasteiger partial charge is 0.311 e. The molecule has 0 saturated heterocycles. The van der Waals surface area contributed by atoms with E-state index in [1.807, 2.05) is 73.9 Å². The van der Waals surface area contributed by atoms with Crippen LogP contribution in [0, 0.1) is 25.2 Å². The third kappa shape index (κ3) is 4.89. The molecule has 0 atom stereocenters. The summed E-state index contributed by atoms with van der Waals surface area (Å²) in [6, 6.07) is 18.0. The fourth-order valence-electron chi connectivity index (χ4n) is 3.14. The number of aryl methyl sites for hydroxylation is 2. The molecule has 0 aliphatic carbocycles. The number of hydrogen-bond acceptors (Lipinski definition) is 5. The van der Waals surface area contributed by atoms with Gasteiger partial charge in [-0.3, -0.25) is 4.79 Å². The molecule has 0 saturated carbocycles. The number of carbonyl (C=O) groups is 1. The van der Waals surface area contributed by atoms with Crippen LogP contribution in [0.5, 0.6) is 0 Å². The standard InChI is InChI=1S/C23H25N5OS/c1-4-27-22(19-9-6-5-7-10-19)25-26-23(27)30-16-21(29)28(14-8-13-24)20-12-11-17(2)18(3)15-20/h5-7,9-12,15H,4,8,14,16H2,1-3H3. The molecule has 2 aromatic carbocycles. The first-order chi connectivity index (χ1) is 14.5. The Hall–Kier alpha value is -3.11. The summed E-state index contributed by atoms with van der Waals surface area (Å²) in [5.41, 5.74) is 4.11. The van der Waals surface area contributed by atoms with Crippen molar-refractivity contribution in [2.45, 2.75) is 38.9 Å². The molecule has 0 N–H and O–H groups in total. The van der Waals surface area contributed by atoms with Gasteiger partial charge in [-0.05, 0) is 44.0 Å². The maximum Gasteiger partial charge on any atom is 0.237 e. The number of nitrogens with zero attached hydrogens (tertiary/aromatic N) is 5. The monoisotopic (exact) mass is 419 g/mol. The predicted octanol–water partition coefficient (Wildman–Crippen LogP) is 4.62. The van der Waals surface area contributed by atoms with E-state index < -0.39 is 0 Å². The highest BCUT2D eigenvalue weighted by atomic mass is 32.2. The molecule has 3 aromatic rings. The van der Waals surface area contributed by atoms with Crippen LogP contribution < -0.4 is 4.90 Å². The molecule has 1 amide bonds. The molecule has 0 spiro atoms. The molecule has 7 heteroatoms. The third-order valence-corrected chi connectivity index (χ3v) is 5.89. The topological polar surface area (TPSA) is 74.8 Å². The Morgan fingerprint density at radius 2 is 1.90 bits per heavy atom. The van der Waals surface area contributed by atoms with E-state index in [-0.39, 0.29) is 18.1 Å². The average Bonchev–Trinajstić information content (AvgIpc) is 3.18. The molecule has 0 radical (unpaired) electrons. The molecule has 6 nitrogen and oxygen atoms in total. The highest BCUT2D eigenvalue weighted by Gasteiger charge is 2.19. The van der Waals surface area contributed by atoms with Crippen LogP contribution in [-0.4, -0.2) is 33.0 Å². The summed E-state index contributed by atoms with van der Waals surface area (Å²) < 4.78 is 2.02. The average molecular weight is 420 g/mol. The van der Waals surface area contributed by atoms with Crippen molar-refractivity contribution in [2.24, 2.45) is 0 Å². The summed E-state index contributed by atoms with van der Waals surface area (Å²) >= 11 is 1.37. The van der Waals surface area contributed by atoms with Crippen LogP contribution in [0.15, 0.2) is 53.7 Å². The van der Waals surface area contributed by atoms with Crippen LogP contribution in [0.1, 0.15) is 24.5 Å². The number of nitriles is 1. The van der Waals surface area contributed by atoms with Gasteiger partial charge in [0.15, 0.2) is 11.0 Å². The van der Waals surface area contributed by atoms with E-state index >= 15 is 0 Å². The Morgan fingerprint density at radius 3 is 2.57 bits per heavy atom. The second kappa shape index (κ2) is 10.1. The number of carbonyl (C=O) groups excluding carboxylic acids is 1. The van der Waals surface area contributed by atoms with Crippen molar-refractivity contribution in [1.82, 2.24) is 14.8 Å². The minimum atomic E-state index is -0.0505. The van der Waals surface area contributed by atoms with E-state index in [9.17, 15) is 4.79 Å².